The van der Waals surface area contributed by atoms with Crippen molar-refractivity contribution in [1.29, 1.82) is 0 Å². The van der Waals surface area contributed by atoms with Gasteiger partial charge in [0.1, 0.15) is 0 Å². The first-order chi connectivity index (χ1) is 9.74. The maximum absolute atomic E-state index is 12.5. The topological polar surface area (TPSA) is 55.1 Å². The number of rotatable bonds is 2. The summed E-state index contributed by atoms with van der Waals surface area (Å²) in [6.45, 7) is 0. The molecule has 1 aromatic rings. The first-order valence-electron chi connectivity index (χ1n) is 7.87. The Morgan fingerprint density at radius 2 is 1.70 bits per heavy atom. The molecule has 1 saturated carbocycles. The van der Waals surface area contributed by atoms with Gasteiger partial charge >= 0.3 is 0 Å². The number of carbonyl (C=O) groups excluding carboxylic acids is 1. The van der Waals surface area contributed by atoms with Crippen LogP contribution in [-0.2, 0) is 17.6 Å². The van der Waals surface area contributed by atoms with Crippen molar-refractivity contribution in [2.75, 3.05) is 0 Å². The lowest BCUT2D eigenvalue weighted by Gasteiger charge is -2.24. The van der Waals surface area contributed by atoms with E-state index in [9.17, 15) is 4.79 Å². The fraction of sp³-hybridized carbons (Fsp3) is 0.588. The highest BCUT2D eigenvalue weighted by Gasteiger charge is 2.30. The number of benzene rings is 1. The first-order valence-corrected chi connectivity index (χ1v) is 7.87. The Hall–Kier alpha value is -1.35. The Morgan fingerprint density at radius 3 is 2.40 bits per heavy atom. The Kier molecular flexibility index (Phi) is 4.06. The third-order valence-electron chi connectivity index (χ3n) is 4.82. The van der Waals surface area contributed by atoms with E-state index in [2.05, 4.69) is 29.6 Å². The van der Waals surface area contributed by atoms with Crippen LogP contribution in [0.4, 0.5) is 0 Å². The van der Waals surface area contributed by atoms with Gasteiger partial charge in [-0.25, -0.2) is 0 Å². The molecule has 2 aliphatic rings. The minimum atomic E-state index is 0.0999. The van der Waals surface area contributed by atoms with Crippen LogP contribution < -0.4 is 11.1 Å². The van der Waals surface area contributed by atoms with Crippen LogP contribution in [0.3, 0.4) is 0 Å². The van der Waals surface area contributed by atoms with E-state index in [-0.39, 0.29) is 23.9 Å². The molecular formula is C17H24N2O. The number of nitrogens with two attached hydrogens (primary N) is 1. The molecule has 3 N–H and O–H groups in total. The van der Waals surface area contributed by atoms with Crippen molar-refractivity contribution in [1.82, 2.24) is 5.32 Å². The summed E-state index contributed by atoms with van der Waals surface area (Å²) in [5.41, 5.74) is 8.86. The van der Waals surface area contributed by atoms with Crippen molar-refractivity contribution >= 4 is 5.91 Å². The highest BCUT2D eigenvalue weighted by molar-refractivity contribution is 5.80. The number of hydrogen-bond donors (Lipinski definition) is 2. The molecule has 0 bridgehead atoms. The lowest BCUT2D eigenvalue weighted by molar-refractivity contribution is -0.125. The van der Waals surface area contributed by atoms with Gasteiger partial charge in [-0.15, -0.1) is 0 Å². The molecule has 2 atom stereocenters. The van der Waals surface area contributed by atoms with E-state index in [1.165, 1.54) is 30.4 Å². The summed E-state index contributed by atoms with van der Waals surface area (Å²) in [7, 11) is 0. The van der Waals surface area contributed by atoms with Crippen LogP contribution in [0.2, 0.25) is 0 Å². The average Bonchev–Trinajstić information content (AvgIpc) is 2.79. The van der Waals surface area contributed by atoms with E-state index >= 15 is 0 Å². The molecule has 3 nitrogen and oxygen atoms in total. The molecule has 108 valence electrons. The molecule has 0 saturated heterocycles. The summed E-state index contributed by atoms with van der Waals surface area (Å²) in [5, 5.41) is 3.22. The zero-order valence-electron chi connectivity index (χ0n) is 12.0. The van der Waals surface area contributed by atoms with E-state index in [0.29, 0.717) is 0 Å². The van der Waals surface area contributed by atoms with E-state index in [0.717, 1.165) is 25.7 Å². The Labute approximate surface area is 120 Å². The van der Waals surface area contributed by atoms with Crippen molar-refractivity contribution < 1.29 is 4.79 Å². The highest BCUT2D eigenvalue weighted by atomic mass is 16.1. The first kappa shape index (κ1) is 13.6. The van der Waals surface area contributed by atoms with Crippen LogP contribution in [0, 0.1) is 5.92 Å². The lowest BCUT2D eigenvalue weighted by atomic mass is 10.0. The number of hydrogen-bond acceptors (Lipinski definition) is 2. The Balaban J connectivity index is 1.60. The molecule has 0 heterocycles. The van der Waals surface area contributed by atoms with E-state index in [4.69, 9.17) is 5.73 Å². The summed E-state index contributed by atoms with van der Waals surface area (Å²) in [5.74, 6) is 0.298. The van der Waals surface area contributed by atoms with Gasteiger partial charge in [0, 0.05) is 18.0 Å². The van der Waals surface area contributed by atoms with E-state index in [1.807, 2.05) is 0 Å². The molecule has 1 fully saturated rings. The van der Waals surface area contributed by atoms with E-state index < -0.39 is 0 Å². The van der Waals surface area contributed by atoms with Crippen LogP contribution in [0.5, 0.6) is 0 Å². The maximum Gasteiger partial charge on any atom is 0.224 e. The number of carbonyl (C=O) groups is 1. The van der Waals surface area contributed by atoms with Crippen LogP contribution in [0.25, 0.3) is 0 Å². The largest absolute Gasteiger partial charge is 0.352 e. The second-order valence-electron chi connectivity index (χ2n) is 6.29. The van der Waals surface area contributed by atoms with Gasteiger partial charge in [0.15, 0.2) is 0 Å². The normalized spacial score (nSPS) is 26.9. The minimum absolute atomic E-state index is 0.0999. The smallest absolute Gasteiger partial charge is 0.224 e. The van der Waals surface area contributed by atoms with Gasteiger partial charge < -0.3 is 11.1 Å². The van der Waals surface area contributed by atoms with Gasteiger partial charge in [-0.05, 0) is 36.8 Å². The third-order valence-corrected chi connectivity index (χ3v) is 4.82. The zero-order chi connectivity index (χ0) is 13.9. The minimum Gasteiger partial charge on any atom is -0.352 e. The lowest BCUT2D eigenvalue weighted by Crippen LogP contribution is -2.48. The summed E-state index contributed by atoms with van der Waals surface area (Å²) >= 11 is 0. The Bertz CT molecular complexity index is 461. The summed E-state index contributed by atoms with van der Waals surface area (Å²) < 4.78 is 0. The molecule has 20 heavy (non-hydrogen) atoms. The molecule has 1 aromatic carbocycles. The molecule has 0 aliphatic heterocycles. The SMILES string of the molecule is NC1CCCCCC1NC(=O)C1Cc2ccccc2C1. The highest BCUT2D eigenvalue weighted by Crippen LogP contribution is 2.27. The summed E-state index contributed by atoms with van der Waals surface area (Å²) in [6, 6.07) is 8.69. The predicted molar refractivity (Wildman–Crippen MR) is 80.3 cm³/mol. The Morgan fingerprint density at radius 1 is 1.05 bits per heavy atom. The molecule has 0 radical (unpaired) electrons. The van der Waals surface area contributed by atoms with E-state index in [1.54, 1.807) is 0 Å². The van der Waals surface area contributed by atoms with Gasteiger partial charge in [-0.3, -0.25) is 4.79 Å². The van der Waals surface area contributed by atoms with Crippen molar-refractivity contribution in [3.63, 3.8) is 0 Å². The molecule has 1 amide bonds. The van der Waals surface area contributed by atoms with Crippen LogP contribution in [0.1, 0.15) is 43.2 Å². The van der Waals surface area contributed by atoms with Crippen molar-refractivity contribution in [3.05, 3.63) is 35.4 Å². The fourth-order valence-corrected chi connectivity index (χ4v) is 3.56. The quantitative estimate of drug-likeness (QED) is 0.811. The third kappa shape index (κ3) is 2.88. The van der Waals surface area contributed by atoms with Gasteiger partial charge in [-0.2, -0.15) is 0 Å². The van der Waals surface area contributed by atoms with Crippen LogP contribution in [-0.4, -0.2) is 18.0 Å². The molecule has 3 rings (SSSR count). The molecule has 2 unspecified atom stereocenters. The second kappa shape index (κ2) is 5.96. The van der Waals surface area contributed by atoms with Gasteiger partial charge in [-0.1, -0.05) is 43.5 Å². The van der Waals surface area contributed by atoms with Gasteiger partial charge in [0.05, 0.1) is 0 Å². The van der Waals surface area contributed by atoms with Gasteiger partial charge in [0.25, 0.3) is 0 Å². The number of amides is 1. The van der Waals surface area contributed by atoms with Crippen LogP contribution in [0.15, 0.2) is 24.3 Å². The number of fused-ring (bicyclic) bond motifs is 1. The second-order valence-corrected chi connectivity index (χ2v) is 6.29. The summed E-state index contributed by atoms with van der Waals surface area (Å²) in [6.07, 6.45) is 7.46. The molecule has 3 heteroatoms. The standard InChI is InChI=1S/C17H24N2O/c18-15-8-2-1-3-9-16(15)19-17(20)14-10-12-6-4-5-7-13(12)11-14/h4-7,14-16H,1-3,8-11,18H2,(H,19,20). The zero-order valence-corrected chi connectivity index (χ0v) is 12.0. The summed E-state index contributed by atoms with van der Waals surface area (Å²) in [4.78, 5) is 12.5. The van der Waals surface area contributed by atoms with Crippen LogP contribution >= 0.6 is 0 Å². The molecule has 0 aromatic heterocycles. The van der Waals surface area contributed by atoms with Crippen molar-refractivity contribution in [2.24, 2.45) is 11.7 Å². The monoisotopic (exact) mass is 272 g/mol. The molecule has 0 spiro atoms. The van der Waals surface area contributed by atoms with Crippen molar-refractivity contribution in [3.8, 4) is 0 Å². The molecule has 2 aliphatic carbocycles. The number of nitrogens with one attached hydrogen (secondary N) is 1. The average molecular weight is 272 g/mol. The van der Waals surface area contributed by atoms with Crippen molar-refractivity contribution in [2.45, 2.75) is 57.0 Å². The molecular weight excluding hydrogens is 248 g/mol. The van der Waals surface area contributed by atoms with Gasteiger partial charge in [0.2, 0.25) is 5.91 Å². The predicted octanol–water partition coefficient (Wildman–Crippen LogP) is 2.18. The maximum atomic E-state index is 12.5. The fourth-order valence-electron chi connectivity index (χ4n) is 3.56.